The zero-order chi connectivity index (χ0) is 10.2. The number of aliphatic hydroxyl groups is 1. The van der Waals surface area contributed by atoms with E-state index in [9.17, 15) is 5.11 Å². The minimum absolute atomic E-state index is 0.528. The Kier molecular flexibility index (Phi) is 6.66. The maximum atomic E-state index is 9.89. The summed E-state index contributed by atoms with van der Waals surface area (Å²) in [5, 5.41) is 13.1. The van der Waals surface area contributed by atoms with Gasteiger partial charge in [0.15, 0.2) is 0 Å². The highest BCUT2D eigenvalue weighted by atomic mass is 16.3. The van der Waals surface area contributed by atoms with Crippen molar-refractivity contribution in [3.63, 3.8) is 0 Å². The van der Waals surface area contributed by atoms with Crippen LogP contribution in [0.1, 0.15) is 40.0 Å². The Hall–Kier alpha value is -0.520. The molecule has 0 aromatic heterocycles. The first-order valence-electron chi connectivity index (χ1n) is 5.01. The van der Waals surface area contributed by atoms with E-state index >= 15 is 0 Å². The summed E-state index contributed by atoms with van der Waals surface area (Å²) in [6.45, 7) is 7.40. The molecule has 2 N–H and O–H groups in total. The quantitative estimate of drug-likeness (QED) is 0.483. The van der Waals surface area contributed by atoms with Crippen LogP contribution in [0.25, 0.3) is 0 Å². The molecule has 0 rings (SSSR count). The molecule has 0 amide bonds. The van der Waals surface area contributed by atoms with Crippen LogP contribution in [0.2, 0.25) is 0 Å². The molecule has 2 heteroatoms. The molecule has 0 aromatic carbocycles. The van der Waals surface area contributed by atoms with Gasteiger partial charge in [-0.25, -0.2) is 0 Å². The van der Waals surface area contributed by atoms with Gasteiger partial charge in [-0.2, -0.15) is 0 Å². The second-order valence-corrected chi connectivity index (χ2v) is 3.29. The lowest BCUT2D eigenvalue weighted by Gasteiger charge is -2.25. The van der Waals surface area contributed by atoms with Crippen LogP contribution in [-0.4, -0.2) is 23.8 Å². The van der Waals surface area contributed by atoms with Gasteiger partial charge in [0.25, 0.3) is 0 Å². The van der Waals surface area contributed by atoms with Gasteiger partial charge in [0.05, 0.1) is 5.60 Å². The third-order valence-corrected chi connectivity index (χ3v) is 2.37. The summed E-state index contributed by atoms with van der Waals surface area (Å²) >= 11 is 0. The molecule has 0 aliphatic rings. The van der Waals surface area contributed by atoms with Crippen molar-refractivity contribution in [2.75, 3.05) is 13.1 Å². The smallest absolute Gasteiger partial charge is 0.0766 e. The molecule has 0 saturated heterocycles. The number of hydrogen-bond acceptors (Lipinski definition) is 2. The molecule has 2 nitrogen and oxygen atoms in total. The van der Waals surface area contributed by atoms with Crippen LogP contribution in [0.3, 0.4) is 0 Å². The lowest BCUT2D eigenvalue weighted by Crippen LogP contribution is -2.39. The van der Waals surface area contributed by atoms with Crippen LogP contribution in [0, 0.1) is 11.8 Å². The summed E-state index contributed by atoms with van der Waals surface area (Å²) < 4.78 is 0. The van der Waals surface area contributed by atoms with E-state index in [1.807, 2.05) is 20.8 Å². The van der Waals surface area contributed by atoms with Gasteiger partial charge in [-0.15, -0.1) is 11.8 Å². The van der Waals surface area contributed by atoms with E-state index in [4.69, 9.17) is 0 Å². The highest BCUT2D eigenvalue weighted by Gasteiger charge is 2.20. The van der Waals surface area contributed by atoms with Crippen LogP contribution in [-0.2, 0) is 0 Å². The van der Waals surface area contributed by atoms with Crippen molar-refractivity contribution in [3.05, 3.63) is 0 Å². The Bertz CT molecular complexity index is 174. The molecule has 0 aliphatic heterocycles. The Morgan fingerprint density at radius 1 is 1.31 bits per heavy atom. The van der Waals surface area contributed by atoms with Gasteiger partial charge in [0.2, 0.25) is 0 Å². The number of nitrogens with one attached hydrogen (secondary N) is 1. The minimum atomic E-state index is -0.528. The average molecular weight is 183 g/mol. The molecule has 0 bridgehead atoms. The largest absolute Gasteiger partial charge is 0.389 e. The second-order valence-electron chi connectivity index (χ2n) is 3.29. The fraction of sp³-hybridized carbons (Fsp3) is 0.818. The predicted octanol–water partition coefficient (Wildman–Crippen LogP) is 1.54. The fourth-order valence-corrected chi connectivity index (χ4v) is 1.10. The summed E-state index contributed by atoms with van der Waals surface area (Å²) in [6.07, 6.45) is 2.46. The summed E-state index contributed by atoms with van der Waals surface area (Å²) in [7, 11) is 0. The van der Waals surface area contributed by atoms with E-state index in [1.54, 1.807) is 0 Å². The van der Waals surface area contributed by atoms with Crippen molar-refractivity contribution in [1.29, 1.82) is 0 Å². The first-order chi connectivity index (χ1) is 6.18. The fourth-order valence-electron chi connectivity index (χ4n) is 1.10. The zero-order valence-corrected chi connectivity index (χ0v) is 8.98. The number of hydrogen-bond donors (Lipinski definition) is 2. The van der Waals surface area contributed by atoms with Crippen LogP contribution in [0.15, 0.2) is 0 Å². The standard InChI is InChI=1S/C11H21NO/c1-4-7-8-9-12-10-11(13,5-2)6-3/h12-13H,5-6,8-10H2,1-3H3. The molecule has 13 heavy (non-hydrogen) atoms. The molecule has 0 heterocycles. The SMILES string of the molecule is CC#CCCNCC(O)(CC)CC. The second kappa shape index (κ2) is 6.94. The van der Waals surface area contributed by atoms with E-state index in [-0.39, 0.29) is 0 Å². The third kappa shape index (κ3) is 5.68. The van der Waals surface area contributed by atoms with E-state index in [1.165, 1.54) is 0 Å². The Morgan fingerprint density at radius 3 is 2.38 bits per heavy atom. The van der Waals surface area contributed by atoms with Crippen LogP contribution < -0.4 is 5.32 Å². The average Bonchev–Trinajstić information content (AvgIpc) is 2.17. The highest BCUT2D eigenvalue weighted by Crippen LogP contribution is 2.12. The molecule has 0 atom stereocenters. The molecule has 0 aliphatic carbocycles. The van der Waals surface area contributed by atoms with Gasteiger partial charge in [0.1, 0.15) is 0 Å². The van der Waals surface area contributed by atoms with E-state index in [2.05, 4.69) is 17.2 Å². The third-order valence-electron chi connectivity index (χ3n) is 2.37. The maximum Gasteiger partial charge on any atom is 0.0766 e. The summed E-state index contributed by atoms with van der Waals surface area (Å²) in [6, 6.07) is 0. The van der Waals surface area contributed by atoms with Crippen molar-refractivity contribution in [2.45, 2.75) is 45.6 Å². The molecule has 0 unspecified atom stereocenters. The molecule has 0 spiro atoms. The number of rotatable bonds is 6. The van der Waals surface area contributed by atoms with Crippen molar-refractivity contribution < 1.29 is 5.11 Å². The summed E-state index contributed by atoms with van der Waals surface area (Å²) in [4.78, 5) is 0. The van der Waals surface area contributed by atoms with Gasteiger partial charge in [-0.3, -0.25) is 0 Å². The predicted molar refractivity (Wildman–Crippen MR) is 56.5 cm³/mol. The first-order valence-corrected chi connectivity index (χ1v) is 5.01. The van der Waals surface area contributed by atoms with Crippen molar-refractivity contribution in [3.8, 4) is 11.8 Å². The van der Waals surface area contributed by atoms with Gasteiger partial charge < -0.3 is 10.4 Å². The van der Waals surface area contributed by atoms with Crippen LogP contribution >= 0.6 is 0 Å². The monoisotopic (exact) mass is 183 g/mol. The molecule has 0 fully saturated rings. The summed E-state index contributed by atoms with van der Waals surface area (Å²) in [5.41, 5.74) is -0.528. The topological polar surface area (TPSA) is 32.3 Å². The van der Waals surface area contributed by atoms with Gasteiger partial charge in [-0.05, 0) is 19.8 Å². The molecule has 76 valence electrons. The zero-order valence-electron chi connectivity index (χ0n) is 8.98. The van der Waals surface area contributed by atoms with E-state index < -0.39 is 5.60 Å². The molecule has 0 aromatic rings. The normalized spacial score (nSPS) is 10.8. The van der Waals surface area contributed by atoms with Crippen LogP contribution in [0.5, 0.6) is 0 Å². The van der Waals surface area contributed by atoms with E-state index in [0.29, 0.717) is 6.54 Å². The van der Waals surface area contributed by atoms with Crippen LogP contribution in [0.4, 0.5) is 0 Å². The lowest BCUT2D eigenvalue weighted by molar-refractivity contribution is 0.0329. The van der Waals surface area contributed by atoms with Gasteiger partial charge in [-0.1, -0.05) is 13.8 Å². The molecular weight excluding hydrogens is 162 g/mol. The molecular formula is C11H21NO. The Balaban J connectivity index is 3.53. The maximum absolute atomic E-state index is 9.89. The molecule has 0 saturated carbocycles. The van der Waals surface area contributed by atoms with Crippen molar-refractivity contribution in [1.82, 2.24) is 5.32 Å². The highest BCUT2D eigenvalue weighted by molar-refractivity contribution is 4.95. The molecule has 0 radical (unpaired) electrons. The van der Waals surface area contributed by atoms with Crippen molar-refractivity contribution >= 4 is 0 Å². The minimum Gasteiger partial charge on any atom is -0.389 e. The first kappa shape index (κ1) is 12.5. The lowest BCUT2D eigenvalue weighted by atomic mass is 9.98. The van der Waals surface area contributed by atoms with E-state index in [0.717, 1.165) is 25.8 Å². The summed E-state index contributed by atoms with van der Waals surface area (Å²) in [5.74, 6) is 5.82. The van der Waals surface area contributed by atoms with Gasteiger partial charge >= 0.3 is 0 Å². The Morgan fingerprint density at radius 2 is 1.92 bits per heavy atom. The van der Waals surface area contributed by atoms with Crippen molar-refractivity contribution in [2.24, 2.45) is 0 Å². The van der Waals surface area contributed by atoms with Gasteiger partial charge in [0, 0.05) is 19.5 Å². The Labute approximate surface area is 81.7 Å².